The van der Waals surface area contributed by atoms with Crippen LogP contribution in [0.3, 0.4) is 0 Å². The van der Waals surface area contributed by atoms with Crippen LogP contribution in [-0.4, -0.2) is 46.5 Å². The summed E-state index contributed by atoms with van der Waals surface area (Å²) in [5.74, 6) is 0.194. The third-order valence-corrected chi connectivity index (χ3v) is 3.19. The van der Waals surface area contributed by atoms with E-state index < -0.39 is 16.5 Å². The average molecular weight is 393 g/mol. The summed E-state index contributed by atoms with van der Waals surface area (Å²) in [5.41, 5.74) is 2.46. The Kier molecular flexibility index (Phi) is 6.23. The van der Waals surface area contributed by atoms with Crippen LogP contribution in [0, 0.1) is 0 Å². The molecule has 0 saturated heterocycles. The molecule has 4 N–H and O–H groups in total. The Labute approximate surface area is 153 Å². The summed E-state index contributed by atoms with van der Waals surface area (Å²) in [6, 6.07) is 14.2. The zero-order valence-electron chi connectivity index (χ0n) is 13.9. The van der Waals surface area contributed by atoms with Crippen molar-refractivity contribution >= 4 is 39.3 Å². The third-order valence-electron chi connectivity index (χ3n) is 3.19. The lowest BCUT2D eigenvalue weighted by atomic mass is 10.0. The first-order chi connectivity index (χ1) is 12.7. The molecule has 0 aliphatic carbocycles. The molecule has 0 saturated carbocycles. The Hall–Kier alpha value is -3.28. The maximum Gasteiger partial charge on any atom is 0.413 e. The first-order valence-corrected chi connectivity index (χ1v) is 8.71. The zero-order valence-corrected chi connectivity index (χ0v) is 14.7. The molecule has 0 fully saturated rings. The maximum atomic E-state index is 12.4. The van der Waals surface area contributed by atoms with Crippen molar-refractivity contribution in [3.63, 3.8) is 0 Å². The van der Waals surface area contributed by atoms with Crippen molar-refractivity contribution in [1.29, 1.82) is 0 Å². The standard InChI is InChI=1S/C16H13N3O3.H2O4S/c1-22-16(21)19-15-17-12-8-7-11(9-13(12)18-15)14(20)10-5-3-2-4-6-10;1-5(2,3)4/h2-9H,1H3,(H2,17,18,19,21);(H2,1,2,3,4). The lowest BCUT2D eigenvalue weighted by molar-refractivity contribution is 0.103. The first kappa shape index (κ1) is 20.0. The van der Waals surface area contributed by atoms with Crippen molar-refractivity contribution < 1.29 is 31.8 Å². The highest BCUT2D eigenvalue weighted by Gasteiger charge is 2.12. The number of H-pyrrole nitrogens is 1. The second kappa shape index (κ2) is 8.40. The molecule has 3 rings (SSSR count). The Balaban J connectivity index is 0.000000465. The number of hydrogen-bond donors (Lipinski definition) is 4. The largest absolute Gasteiger partial charge is 0.453 e. The Morgan fingerprint density at radius 2 is 1.70 bits per heavy atom. The summed E-state index contributed by atoms with van der Waals surface area (Å²) in [7, 11) is -3.39. The van der Waals surface area contributed by atoms with Crippen LogP contribution in [0.4, 0.5) is 10.7 Å². The van der Waals surface area contributed by atoms with Crippen LogP contribution < -0.4 is 5.32 Å². The number of benzene rings is 2. The Morgan fingerprint density at radius 3 is 2.30 bits per heavy atom. The molecule has 1 heterocycles. The van der Waals surface area contributed by atoms with Crippen LogP contribution in [0.1, 0.15) is 15.9 Å². The van der Waals surface area contributed by atoms with Gasteiger partial charge in [-0.05, 0) is 18.2 Å². The predicted molar refractivity (Wildman–Crippen MR) is 96.2 cm³/mol. The lowest BCUT2D eigenvalue weighted by Crippen LogP contribution is -2.11. The van der Waals surface area contributed by atoms with Gasteiger partial charge in [-0.2, -0.15) is 8.42 Å². The summed E-state index contributed by atoms with van der Waals surface area (Å²) >= 11 is 0. The van der Waals surface area contributed by atoms with E-state index in [1.54, 1.807) is 30.3 Å². The minimum absolute atomic E-state index is 0.0759. The highest BCUT2D eigenvalue weighted by Crippen LogP contribution is 2.18. The molecule has 1 amide bonds. The molecular formula is C16H15N3O7S. The van der Waals surface area contributed by atoms with Gasteiger partial charge in [-0.25, -0.2) is 9.78 Å². The van der Waals surface area contributed by atoms with Gasteiger partial charge in [0.05, 0.1) is 18.1 Å². The summed E-state index contributed by atoms with van der Waals surface area (Å²) in [6.07, 6.45) is -0.611. The zero-order chi connectivity index (χ0) is 20.0. The fourth-order valence-corrected chi connectivity index (χ4v) is 2.11. The summed E-state index contributed by atoms with van der Waals surface area (Å²) in [6.45, 7) is 0. The molecule has 0 radical (unpaired) electrons. The second-order valence-electron chi connectivity index (χ2n) is 5.08. The molecule has 1 aromatic heterocycles. The van der Waals surface area contributed by atoms with Gasteiger partial charge in [0, 0.05) is 11.1 Å². The number of aromatic amines is 1. The van der Waals surface area contributed by atoms with E-state index in [2.05, 4.69) is 20.0 Å². The Bertz CT molecular complexity index is 1050. The van der Waals surface area contributed by atoms with E-state index in [4.69, 9.17) is 17.5 Å². The summed E-state index contributed by atoms with van der Waals surface area (Å²) in [5, 5.41) is 2.45. The average Bonchev–Trinajstić information content (AvgIpc) is 3.01. The summed E-state index contributed by atoms with van der Waals surface area (Å²) < 4.78 is 36.1. The van der Waals surface area contributed by atoms with Crippen LogP contribution in [0.2, 0.25) is 0 Å². The number of ether oxygens (including phenoxy) is 1. The minimum Gasteiger partial charge on any atom is -0.453 e. The fraction of sp³-hybridized carbons (Fsp3) is 0.0625. The number of fused-ring (bicyclic) bond motifs is 1. The van der Waals surface area contributed by atoms with Crippen molar-refractivity contribution in [2.24, 2.45) is 0 Å². The van der Waals surface area contributed by atoms with Gasteiger partial charge in [-0.3, -0.25) is 19.2 Å². The van der Waals surface area contributed by atoms with Gasteiger partial charge in [0.2, 0.25) is 5.95 Å². The van der Waals surface area contributed by atoms with Gasteiger partial charge in [0.1, 0.15) is 0 Å². The van der Waals surface area contributed by atoms with Gasteiger partial charge in [-0.1, -0.05) is 30.3 Å². The van der Waals surface area contributed by atoms with Crippen LogP contribution in [0.15, 0.2) is 48.5 Å². The predicted octanol–water partition coefficient (Wildman–Crippen LogP) is 2.32. The number of ketones is 1. The number of carbonyl (C=O) groups excluding carboxylic acids is 2. The van der Waals surface area contributed by atoms with E-state index >= 15 is 0 Å². The van der Waals surface area contributed by atoms with Crippen LogP contribution in [-0.2, 0) is 15.1 Å². The maximum absolute atomic E-state index is 12.4. The van der Waals surface area contributed by atoms with E-state index in [0.717, 1.165) is 5.52 Å². The van der Waals surface area contributed by atoms with Crippen LogP contribution in [0.25, 0.3) is 11.0 Å². The van der Waals surface area contributed by atoms with Gasteiger partial charge in [-0.15, -0.1) is 0 Å². The lowest BCUT2D eigenvalue weighted by Gasteiger charge is -2.00. The van der Waals surface area contributed by atoms with Crippen molar-refractivity contribution in [2.75, 3.05) is 12.4 Å². The molecule has 0 unspecified atom stereocenters. The van der Waals surface area contributed by atoms with E-state index in [1.807, 2.05) is 18.2 Å². The van der Waals surface area contributed by atoms with Gasteiger partial charge in [0.15, 0.2) is 5.78 Å². The highest BCUT2D eigenvalue weighted by molar-refractivity contribution is 7.79. The molecule has 11 heteroatoms. The number of aromatic nitrogens is 2. The monoisotopic (exact) mass is 393 g/mol. The Morgan fingerprint density at radius 1 is 1.07 bits per heavy atom. The SMILES string of the molecule is COC(=O)Nc1nc2cc(C(=O)c3ccccc3)ccc2[nH]1.O=S(=O)(O)O. The van der Waals surface area contributed by atoms with Crippen molar-refractivity contribution in [1.82, 2.24) is 9.97 Å². The minimum atomic E-state index is -4.67. The van der Waals surface area contributed by atoms with E-state index in [1.165, 1.54) is 7.11 Å². The number of amides is 1. The number of nitrogens with zero attached hydrogens (tertiary/aromatic N) is 1. The normalized spacial score (nSPS) is 10.6. The van der Waals surface area contributed by atoms with Crippen LogP contribution in [0.5, 0.6) is 0 Å². The number of methoxy groups -OCH3 is 1. The van der Waals surface area contributed by atoms with Crippen molar-refractivity contribution in [3.8, 4) is 0 Å². The number of imidazole rings is 1. The highest BCUT2D eigenvalue weighted by atomic mass is 32.3. The van der Waals surface area contributed by atoms with Gasteiger partial charge >= 0.3 is 16.5 Å². The molecule has 3 aromatic rings. The molecule has 10 nitrogen and oxygen atoms in total. The van der Waals surface area contributed by atoms with Crippen molar-refractivity contribution in [3.05, 3.63) is 59.7 Å². The fourth-order valence-electron chi connectivity index (χ4n) is 2.11. The molecule has 0 atom stereocenters. The molecule has 27 heavy (non-hydrogen) atoms. The van der Waals surface area contributed by atoms with E-state index in [9.17, 15) is 9.59 Å². The number of carbonyl (C=O) groups is 2. The molecule has 0 aliphatic heterocycles. The topological polar surface area (TPSA) is 159 Å². The molecule has 142 valence electrons. The second-order valence-corrected chi connectivity index (χ2v) is 5.97. The number of nitrogens with one attached hydrogen (secondary N) is 2. The molecule has 2 aromatic carbocycles. The van der Waals surface area contributed by atoms with Crippen molar-refractivity contribution in [2.45, 2.75) is 0 Å². The third kappa shape index (κ3) is 6.18. The van der Waals surface area contributed by atoms with Gasteiger partial charge in [0.25, 0.3) is 0 Å². The van der Waals surface area contributed by atoms with E-state index in [0.29, 0.717) is 16.6 Å². The summed E-state index contributed by atoms with van der Waals surface area (Å²) in [4.78, 5) is 30.7. The molecule has 0 bridgehead atoms. The quantitative estimate of drug-likeness (QED) is 0.390. The molecule has 0 spiro atoms. The first-order valence-electron chi connectivity index (χ1n) is 7.32. The van der Waals surface area contributed by atoms with E-state index in [-0.39, 0.29) is 11.7 Å². The van der Waals surface area contributed by atoms with Gasteiger partial charge < -0.3 is 9.72 Å². The van der Waals surface area contributed by atoms with Crippen LogP contribution >= 0.6 is 0 Å². The number of hydrogen-bond acceptors (Lipinski definition) is 6. The molecule has 0 aliphatic rings. The molecular weight excluding hydrogens is 378 g/mol. The number of anilines is 1. The number of rotatable bonds is 3. The smallest absolute Gasteiger partial charge is 0.413 e.